The molecule has 0 spiro atoms. The normalized spacial score (nSPS) is 14.2. The number of fused-ring (bicyclic) bond motifs is 2. The Kier molecular flexibility index (Phi) is 4.70. The Morgan fingerprint density at radius 1 is 1.06 bits per heavy atom. The van der Waals surface area contributed by atoms with E-state index in [-0.39, 0.29) is 5.41 Å². The first-order chi connectivity index (χ1) is 16.9. The Bertz CT molecular complexity index is 1620. The second kappa shape index (κ2) is 7.80. The summed E-state index contributed by atoms with van der Waals surface area (Å²) in [6.07, 6.45) is 5.77. The van der Waals surface area contributed by atoms with Gasteiger partial charge in [0.2, 0.25) is 0 Å². The van der Waals surface area contributed by atoms with E-state index in [2.05, 4.69) is 26.9 Å². The number of hydrogen-bond donors (Lipinski definition) is 3. The Morgan fingerprint density at radius 2 is 1.86 bits per heavy atom. The van der Waals surface area contributed by atoms with Gasteiger partial charge in [-0.3, -0.25) is 4.40 Å². The smallest absolute Gasteiger partial charge is 0.323 e. The van der Waals surface area contributed by atoms with Crippen LogP contribution in [0.4, 0.5) is 26.4 Å². The number of carbonyl (C=O) groups excluding carboxylic acids is 1. The molecule has 7 nitrogen and oxygen atoms in total. The molecule has 174 valence electrons. The van der Waals surface area contributed by atoms with Gasteiger partial charge >= 0.3 is 6.03 Å². The number of rotatable bonds is 4. The van der Waals surface area contributed by atoms with Crippen LogP contribution in [0, 0.1) is 5.82 Å². The van der Waals surface area contributed by atoms with Crippen molar-refractivity contribution in [3.05, 3.63) is 84.7 Å². The van der Waals surface area contributed by atoms with Crippen molar-refractivity contribution in [2.45, 2.75) is 25.2 Å². The number of carbonyl (C=O) groups is 1. The highest BCUT2D eigenvalue weighted by atomic mass is 19.1. The summed E-state index contributed by atoms with van der Waals surface area (Å²) in [5.74, 6) is 0.988. The van der Waals surface area contributed by atoms with Gasteiger partial charge in [-0.1, -0.05) is 43.3 Å². The molecule has 0 bridgehead atoms. The number of urea groups is 1. The number of hydrogen-bond acceptors (Lipinski definition) is 4. The molecule has 4 N–H and O–H groups in total. The summed E-state index contributed by atoms with van der Waals surface area (Å²) in [6.45, 7) is 2.21. The quantitative estimate of drug-likeness (QED) is 0.304. The minimum atomic E-state index is -0.460. The second-order valence-electron chi connectivity index (χ2n) is 9.17. The molecule has 0 saturated heterocycles. The highest BCUT2D eigenvalue weighted by Crippen LogP contribution is 2.49. The van der Waals surface area contributed by atoms with E-state index < -0.39 is 11.8 Å². The van der Waals surface area contributed by atoms with Crippen LogP contribution in [0.5, 0.6) is 0 Å². The Balaban J connectivity index is 1.44. The third-order valence-electron chi connectivity index (χ3n) is 6.63. The van der Waals surface area contributed by atoms with Crippen LogP contribution in [0.1, 0.15) is 25.6 Å². The highest BCUT2D eigenvalue weighted by molar-refractivity contribution is 6.10. The molecule has 0 radical (unpaired) electrons. The van der Waals surface area contributed by atoms with Crippen LogP contribution in [0.15, 0.2) is 73.1 Å². The monoisotopic (exact) mass is 466 g/mol. The molecule has 0 unspecified atom stereocenters. The summed E-state index contributed by atoms with van der Waals surface area (Å²) < 4.78 is 15.5. The molecule has 1 fully saturated rings. The van der Waals surface area contributed by atoms with E-state index in [1.807, 2.05) is 42.6 Å². The Hall–Kier alpha value is -4.46. The molecule has 35 heavy (non-hydrogen) atoms. The number of nitrogens with zero attached hydrogens (tertiary/aromatic N) is 3. The predicted octanol–water partition coefficient (Wildman–Crippen LogP) is 5.97. The van der Waals surface area contributed by atoms with Gasteiger partial charge < -0.3 is 16.4 Å². The third-order valence-corrected chi connectivity index (χ3v) is 6.63. The standard InChI is InChI=1S/C27H23FN6O/c1-27(11-12-27)25-33-22(23-24(29)30-13-14-34(23)25)20-9-10-21(19-8-3-2-7-18(19)20)32-26(35)31-17-6-4-5-16(28)15-17/h2-10,13-15H,11-12H2,1H3,(H2,29,30)(H2,31,32,35). The van der Waals surface area contributed by atoms with E-state index in [4.69, 9.17) is 10.7 Å². The number of imidazole rings is 1. The predicted molar refractivity (Wildman–Crippen MR) is 136 cm³/mol. The molecular weight excluding hydrogens is 443 g/mol. The molecular formula is C27H23FN6O. The highest BCUT2D eigenvalue weighted by Gasteiger charge is 2.43. The molecule has 8 heteroatoms. The maximum absolute atomic E-state index is 13.5. The first-order valence-corrected chi connectivity index (χ1v) is 11.4. The van der Waals surface area contributed by atoms with Crippen molar-refractivity contribution in [3.63, 3.8) is 0 Å². The summed E-state index contributed by atoms with van der Waals surface area (Å²) >= 11 is 0. The first-order valence-electron chi connectivity index (χ1n) is 11.4. The number of benzene rings is 3. The van der Waals surface area contributed by atoms with Crippen LogP contribution < -0.4 is 16.4 Å². The lowest BCUT2D eigenvalue weighted by atomic mass is 10.00. The van der Waals surface area contributed by atoms with Crippen molar-refractivity contribution in [1.82, 2.24) is 14.4 Å². The number of anilines is 3. The molecule has 1 saturated carbocycles. The maximum Gasteiger partial charge on any atom is 0.323 e. The molecule has 5 aromatic rings. The van der Waals surface area contributed by atoms with E-state index in [0.29, 0.717) is 17.2 Å². The molecule has 2 aromatic heterocycles. The van der Waals surface area contributed by atoms with Crippen LogP contribution in [-0.4, -0.2) is 20.4 Å². The van der Waals surface area contributed by atoms with Crippen LogP contribution in [0.3, 0.4) is 0 Å². The zero-order valence-corrected chi connectivity index (χ0v) is 19.0. The lowest BCUT2D eigenvalue weighted by Crippen LogP contribution is -2.19. The summed E-state index contributed by atoms with van der Waals surface area (Å²) in [4.78, 5) is 22.0. The van der Waals surface area contributed by atoms with Gasteiger partial charge in [0.15, 0.2) is 0 Å². The van der Waals surface area contributed by atoms with E-state index in [9.17, 15) is 9.18 Å². The summed E-state index contributed by atoms with van der Waals surface area (Å²) in [5, 5.41) is 7.33. The maximum atomic E-state index is 13.5. The van der Waals surface area contributed by atoms with Gasteiger partial charge in [-0.15, -0.1) is 0 Å². The molecule has 2 amide bonds. The van der Waals surface area contributed by atoms with E-state index in [1.54, 1.807) is 18.3 Å². The molecule has 1 aliphatic rings. The van der Waals surface area contributed by atoms with Crippen LogP contribution in [-0.2, 0) is 5.41 Å². The van der Waals surface area contributed by atoms with Crippen molar-refractivity contribution in [2.24, 2.45) is 0 Å². The Morgan fingerprint density at radius 3 is 2.63 bits per heavy atom. The van der Waals surface area contributed by atoms with E-state index >= 15 is 0 Å². The molecule has 6 rings (SSSR count). The third kappa shape index (κ3) is 3.63. The average molecular weight is 467 g/mol. The zero-order chi connectivity index (χ0) is 24.2. The van der Waals surface area contributed by atoms with Gasteiger partial charge in [0, 0.05) is 34.4 Å². The second-order valence-corrected chi connectivity index (χ2v) is 9.17. The molecule has 3 aromatic carbocycles. The van der Waals surface area contributed by atoms with Crippen molar-refractivity contribution in [2.75, 3.05) is 16.4 Å². The van der Waals surface area contributed by atoms with Gasteiger partial charge in [-0.2, -0.15) is 0 Å². The lowest BCUT2D eigenvalue weighted by Gasteiger charge is -2.13. The van der Waals surface area contributed by atoms with Gasteiger partial charge in [0.05, 0.1) is 5.69 Å². The minimum absolute atomic E-state index is 0.0290. The number of nitrogens with one attached hydrogen (secondary N) is 2. The number of amides is 2. The average Bonchev–Trinajstić information content (AvgIpc) is 3.46. The minimum Gasteiger partial charge on any atom is -0.382 e. The van der Waals surface area contributed by atoms with E-state index in [0.717, 1.165) is 46.2 Å². The van der Waals surface area contributed by atoms with Gasteiger partial charge in [0.1, 0.15) is 28.7 Å². The number of aromatic nitrogens is 3. The van der Waals surface area contributed by atoms with Crippen LogP contribution >= 0.6 is 0 Å². The van der Waals surface area contributed by atoms with Crippen molar-refractivity contribution >= 4 is 39.5 Å². The van der Waals surface area contributed by atoms with Crippen molar-refractivity contribution < 1.29 is 9.18 Å². The fraction of sp³-hybridized carbons (Fsp3) is 0.148. The van der Waals surface area contributed by atoms with Crippen molar-refractivity contribution in [3.8, 4) is 11.3 Å². The molecule has 0 atom stereocenters. The van der Waals surface area contributed by atoms with Gasteiger partial charge in [-0.05, 0) is 42.5 Å². The fourth-order valence-corrected chi connectivity index (χ4v) is 4.55. The number of nitrogen functional groups attached to an aromatic ring is 1. The largest absolute Gasteiger partial charge is 0.382 e. The van der Waals surface area contributed by atoms with E-state index in [1.165, 1.54) is 12.1 Å². The fourth-order valence-electron chi connectivity index (χ4n) is 4.55. The summed E-state index contributed by atoms with van der Waals surface area (Å²) in [6, 6.07) is 16.9. The van der Waals surface area contributed by atoms with Crippen LogP contribution in [0.2, 0.25) is 0 Å². The molecule has 2 heterocycles. The lowest BCUT2D eigenvalue weighted by molar-refractivity contribution is 0.262. The van der Waals surface area contributed by atoms with Gasteiger partial charge in [0.25, 0.3) is 0 Å². The zero-order valence-electron chi connectivity index (χ0n) is 19.0. The van der Waals surface area contributed by atoms with Crippen LogP contribution in [0.25, 0.3) is 27.5 Å². The topological polar surface area (TPSA) is 97.3 Å². The SMILES string of the molecule is CC1(c2nc(-c3ccc(NC(=O)Nc4cccc(F)c4)c4ccccc34)c3c(N)nccn23)CC1. The Labute approximate surface area is 200 Å². The first kappa shape index (κ1) is 21.1. The molecule has 1 aliphatic carbocycles. The number of nitrogens with two attached hydrogens (primary N) is 1. The molecule has 0 aliphatic heterocycles. The van der Waals surface area contributed by atoms with Gasteiger partial charge in [-0.25, -0.2) is 19.2 Å². The van der Waals surface area contributed by atoms with Crippen molar-refractivity contribution in [1.29, 1.82) is 0 Å². The number of halogens is 1. The summed E-state index contributed by atoms with van der Waals surface area (Å²) in [5.41, 5.74) is 9.82. The summed E-state index contributed by atoms with van der Waals surface area (Å²) in [7, 11) is 0.